The minimum atomic E-state index is -1.06. The number of methoxy groups -OCH3 is 1. The van der Waals surface area contributed by atoms with Gasteiger partial charge in [0.25, 0.3) is 11.8 Å². The van der Waals surface area contributed by atoms with Gasteiger partial charge in [-0.05, 0) is 119 Å². The highest BCUT2D eigenvalue weighted by molar-refractivity contribution is 5.98. The average molecular weight is 1010 g/mol. The zero-order valence-corrected chi connectivity index (χ0v) is 45.4. The number of allylic oxidation sites excluding steroid dienone is 2. The molecule has 74 heavy (non-hydrogen) atoms. The topological polar surface area (TPSA) is 158 Å². The first-order chi connectivity index (χ1) is 35.2. The zero-order chi connectivity index (χ0) is 53.3. The first-order valence-corrected chi connectivity index (χ1v) is 26.8. The summed E-state index contributed by atoms with van der Waals surface area (Å²) in [6.45, 7) is 26.4. The normalized spacial score (nSPS) is 23.8. The van der Waals surface area contributed by atoms with Crippen LogP contribution in [0.15, 0.2) is 65.8 Å². The largest absolute Gasteiger partial charge is 0.464 e. The Bertz CT molecular complexity index is 2810. The van der Waals surface area contributed by atoms with Gasteiger partial charge >= 0.3 is 5.97 Å². The Morgan fingerprint density at radius 1 is 1.03 bits per heavy atom. The van der Waals surface area contributed by atoms with Crippen LogP contribution < -0.4 is 10.7 Å². The number of cyclic esters (lactones) is 1. The number of nitrogens with zero attached hydrogens (tertiary/aromatic N) is 6. The fourth-order valence-corrected chi connectivity index (χ4v) is 11.7. The summed E-state index contributed by atoms with van der Waals surface area (Å²) in [7, 11) is 1.67. The first-order valence-electron chi connectivity index (χ1n) is 26.8. The van der Waals surface area contributed by atoms with E-state index in [1.807, 2.05) is 59.8 Å². The van der Waals surface area contributed by atoms with E-state index in [0.717, 1.165) is 69.6 Å². The van der Waals surface area contributed by atoms with Crippen molar-refractivity contribution in [3.63, 3.8) is 0 Å². The molecule has 5 atom stereocenters. The van der Waals surface area contributed by atoms with E-state index in [2.05, 4.69) is 89.7 Å². The third kappa shape index (κ3) is 10.9. The van der Waals surface area contributed by atoms with Crippen molar-refractivity contribution >= 4 is 52.3 Å². The number of aromatic nitrogens is 1. The zero-order valence-electron chi connectivity index (χ0n) is 45.4. The Morgan fingerprint density at radius 3 is 2.45 bits per heavy atom. The van der Waals surface area contributed by atoms with Gasteiger partial charge in [0, 0.05) is 87.4 Å². The van der Waals surface area contributed by atoms with Crippen molar-refractivity contribution in [2.24, 2.45) is 21.7 Å². The summed E-state index contributed by atoms with van der Waals surface area (Å²) < 4.78 is 14.3. The molecule has 1 spiro atoms. The molecule has 6 heterocycles. The molecule has 4 amide bonds. The van der Waals surface area contributed by atoms with Crippen LogP contribution in [0.1, 0.15) is 111 Å². The predicted molar refractivity (Wildman–Crippen MR) is 289 cm³/mol. The summed E-state index contributed by atoms with van der Waals surface area (Å²) in [6.07, 6.45) is 7.13. The van der Waals surface area contributed by atoms with Gasteiger partial charge in [-0.3, -0.25) is 38.9 Å². The molecule has 8 rings (SSSR count). The molecule has 2 N–H and O–H groups in total. The van der Waals surface area contributed by atoms with Gasteiger partial charge in [0.15, 0.2) is 0 Å². The van der Waals surface area contributed by atoms with Crippen molar-refractivity contribution in [2.45, 2.75) is 144 Å². The predicted octanol–water partition coefficient (Wildman–Crippen LogP) is 6.96. The molecule has 396 valence electrons. The first kappa shape index (κ1) is 54.2. The van der Waals surface area contributed by atoms with Crippen LogP contribution in [0.25, 0.3) is 27.6 Å². The number of hydrogen-bond donors (Lipinski definition) is 2. The molecule has 0 radical (unpaired) electrons. The molecular formula is C59H78N8O7. The van der Waals surface area contributed by atoms with E-state index < -0.39 is 52.3 Å². The molecular weight excluding hydrogens is 933 g/mol. The Kier molecular flexibility index (Phi) is 16.1. The highest BCUT2D eigenvalue weighted by Gasteiger charge is 2.54. The maximum absolute atomic E-state index is 14.9. The quantitative estimate of drug-likeness (QED) is 0.0897. The maximum atomic E-state index is 14.9. The highest BCUT2D eigenvalue weighted by atomic mass is 16.5. The van der Waals surface area contributed by atoms with Crippen LogP contribution in [0.2, 0.25) is 0 Å². The lowest BCUT2D eigenvalue weighted by molar-refractivity contribution is -0.155. The molecule has 0 saturated carbocycles. The molecule has 6 bridgehead atoms. The molecule has 3 aromatic rings. The number of likely N-dealkylation sites (tertiary alicyclic amines) is 3. The van der Waals surface area contributed by atoms with Crippen LogP contribution in [0, 0.1) is 28.6 Å². The third-order valence-electron chi connectivity index (χ3n) is 16.1. The van der Waals surface area contributed by atoms with Crippen LogP contribution in [-0.4, -0.2) is 143 Å². The van der Waals surface area contributed by atoms with Gasteiger partial charge in [0.2, 0.25) is 11.8 Å². The Morgan fingerprint density at radius 2 is 1.77 bits per heavy atom. The summed E-state index contributed by atoms with van der Waals surface area (Å²) in [6, 6.07) is 11.8. The van der Waals surface area contributed by atoms with Crippen molar-refractivity contribution in [1.29, 1.82) is 0 Å². The molecule has 2 aromatic carbocycles. The number of fused-ring (bicyclic) bond motifs is 6. The average Bonchev–Trinajstić information content (AvgIpc) is 4.03. The summed E-state index contributed by atoms with van der Waals surface area (Å²) in [5.74, 6) is 4.04. The second-order valence-corrected chi connectivity index (χ2v) is 22.6. The third-order valence-corrected chi connectivity index (χ3v) is 16.1. The molecule has 0 aliphatic carbocycles. The number of hydrogen-bond acceptors (Lipinski definition) is 10. The molecule has 0 unspecified atom stereocenters. The number of carbonyl (C=O) groups excluding carboxylic acids is 5. The van der Waals surface area contributed by atoms with Gasteiger partial charge in [0.05, 0.1) is 35.1 Å². The number of nitrogens with one attached hydrogen (secondary N) is 2. The molecule has 4 fully saturated rings. The second-order valence-electron chi connectivity index (χ2n) is 22.6. The fourth-order valence-electron chi connectivity index (χ4n) is 11.7. The van der Waals surface area contributed by atoms with Gasteiger partial charge < -0.3 is 29.2 Å². The number of aliphatic imine (C=N–C) groups is 1. The molecule has 15 heteroatoms. The van der Waals surface area contributed by atoms with Crippen molar-refractivity contribution in [3.05, 3.63) is 77.6 Å². The van der Waals surface area contributed by atoms with Crippen LogP contribution in [0.5, 0.6) is 0 Å². The lowest BCUT2D eigenvalue weighted by Gasteiger charge is -2.41. The summed E-state index contributed by atoms with van der Waals surface area (Å²) in [5, 5.41) is 5.64. The molecule has 4 saturated heterocycles. The Balaban J connectivity index is 1.13. The van der Waals surface area contributed by atoms with E-state index in [9.17, 15) is 24.0 Å². The van der Waals surface area contributed by atoms with Crippen LogP contribution in [0.4, 0.5) is 0 Å². The van der Waals surface area contributed by atoms with Crippen molar-refractivity contribution in [1.82, 2.24) is 35.0 Å². The van der Waals surface area contributed by atoms with E-state index >= 15 is 0 Å². The summed E-state index contributed by atoms with van der Waals surface area (Å²) >= 11 is 0. The van der Waals surface area contributed by atoms with Gasteiger partial charge in [-0.1, -0.05) is 76.6 Å². The van der Waals surface area contributed by atoms with Crippen molar-refractivity contribution in [2.75, 3.05) is 53.0 Å². The number of aryl methyl sites for hydroxylation is 1. The van der Waals surface area contributed by atoms with Gasteiger partial charge in [0.1, 0.15) is 18.1 Å². The molecule has 1 aromatic heterocycles. The number of rotatable bonds is 11. The smallest absolute Gasteiger partial charge is 0.324 e. The monoisotopic (exact) mass is 1010 g/mol. The maximum Gasteiger partial charge on any atom is 0.324 e. The van der Waals surface area contributed by atoms with E-state index in [1.54, 1.807) is 23.1 Å². The number of benzene rings is 2. The minimum absolute atomic E-state index is 0.116. The summed E-state index contributed by atoms with van der Waals surface area (Å²) in [4.78, 5) is 82.4. The molecule has 5 aliphatic heterocycles. The number of carbonyl (C=O) groups is 5. The van der Waals surface area contributed by atoms with E-state index in [1.165, 1.54) is 5.01 Å². The van der Waals surface area contributed by atoms with Crippen LogP contribution in [-0.2, 0) is 52.8 Å². The van der Waals surface area contributed by atoms with Gasteiger partial charge in [-0.25, -0.2) is 5.43 Å². The Labute approximate surface area is 438 Å². The SMILES string of the molecule is C=C/C(=C(\N=CC)[C@H](C)OC)c1c2c3cc(ccc3n1CC)-c1cccc(c1)C[C@H](NC(=O)[C@H](C(C)C)N1CC[C@]3(CCN(C(=O)C#CC(C)(C)N4CCC4)C3)C1=O)C(=O)N1CCC[C@H](N1)C(=O)OCC(C)(C)C2. The fraction of sp³-hybridized carbons (Fsp3) is 0.559. The van der Waals surface area contributed by atoms with Gasteiger partial charge in [-0.15, -0.1) is 0 Å². The summed E-state index contributed by atoms with van der Waals surface area (Å²) in [5.41, 5.74) is 8.87. The standard InChI is InChI=1S/C59H78N8O7/c1-12-43(50(60-13-2)39(6)73-11)52-45-35-57(7,8)37-74-55(71)46-20-16-29-67(62-46)54(70)47(33-40-18-15-19-41(32-40)42-21-22-48(44(45)34-42)65(52)14-3)61-53(69)51(38(4)5)66-31-26-59(56(66)72)25-30-63(36-59)49(68)23-24-58(9,10)64-27-17-28-64/h12-13,15,18-19,21-22,32,34,38-39,46-47,51,62H,1,14,16-17,20,25-31,33,35-37H2,2-11H3,(H,61,69)/b50-43+,60-13?/t39-,46-,47-,51-,59-/m0/s1. The van der Waals surface area contributed by atoms with E-state index in [4.69, 9.17) is 14.5 Å². The molecule has 5 aliphatic rings. The Hall–Kier alpha value is -6.08. The second kappa shape index (κ2) is 22.0. The van der Waals surface area contributed by atoms with E-state index in [0.29, 0.717) is 58.3 Å². The van der Waals surface area contributed by atoms with E-state index in [-0.39, 0.29) is 43.4 Å². The number of esters is 1. The van der Waals surface area contributed by atoms with Crippen LogP contribution >= 0.6 is 0 Å². The van der Waals surface area contributed by atoms with Gasteiger partial charge in [-0.2, -0.15) is 0 Å². The number of amides is 4. The van der Waals surface area contributed by atoms with Crippen molar-refractivity contribution in [3.8, 4) is 23.0 Å². The molecule has 15 nitrogen and oxygen atoms in total. The highest BCUT2D eigenvalue weighted by Crippen LogP contribution is 2.43. The number of hydrazine groups is 1. The lowest BCUT2D eigenvalue weighted by atomic mass is 9.84. The minimum Gasteiger partial charge on any atom is -0.464 e. The lowest BCUT2D eigenvalue weighted by Crippen LogP contribution is -2.62. The number of ether oxygens (including phenoxy) is 2. The van der Waals surface area contributed by atoms with Crippen molar-refractivity contribution < 1.29 is 33.4 Å². The van der Waals surface area contributed by atoms with Crippen LogP contribution in [0.3, 0.4) is 0 Å².